The van der Waals surface area contributed by atoms with Crippen molar-refractivity contribution in [1.29, 1.82) is 0 Å². The molecule has 0 aromatic rings. The Balaban J connectivity index is -0.000000240. The first kappa shape index (κ1) is 45.7. The first-order valence-electron chi connectivity index (χ1n) is 13.5. The van der Waals surface area contributed by atoms with E-state index in [0.29, 0.717) is 0 Å². The third kappa shape index (κ3) is 21.5. The summed E-state index contributed by atoms with van der Waals surface area (Å²) in [6.45, 7) is 32.5. The van der Waals surface area contributed by atoms with Crippen LogP contribution in [0.4, 0.5) is 0 Å². The molecule has 6 nitrogen and oxygen atoms in total. The van der Waals surface area contributed by atoms with Gasteiger partial charge in [0.15, 0.2) is 17.3 Å². The minimum Gasteiger partial charge on any atom is -0.875 e. The van der Waals surface area contributed by atoms with E-state index in [1.807, 2.05) is 125 Å². The average molecular weight is 639 g/mol. The average Bonchev–Trinajstić information content (AvgIpc) is 2.64. The van der Waals surface area contributed by atoms with E-state index in [0.717, 1.165) is 0 Å². The van der Waals surface area contributed by atoms with Gasteiger partial charge in [0.2, 0.25) is 0 Å². The fraction of sp³-hybridized carbons (Fsp3) is 0.727. The molecule has 0 unspecified atom stereocenters. The van der Waals surface area contributed by atoms with Gasteiger partial charge < -0.3 is 15.3 Å². The molecule has 0 fully saturated rings. The zero-order valence-electron chi connectivity index (χ0n) is 28.8. The number of carbonyl (C=O) groups excluding carboxylic acids is 3. The molecule has 0 atom stereocenters. The molecule has 0 amide bonds. The Morgan fingerprint density at radius 1 is 0.350 bits per heavy atom. The van der Waals surface area contributed by atoms with Gasteiger partial charge in [-0.15, -0.1) is 17.3 Å². The minimum absolute atomic E-state index is 0. The van der Waals surface area contributed by atoms with Gasteiger partial charge in [0, 0.05) is 16.2 Å². The maximum atomic E-state index is 11.4. The Hall–Kier alpha value is -1.27. The van der Waals surface area contributed by atoms with Crippen molar-refractivity contribution in [2.24, 2.45) is 32.5 Å². The second kappa shape index (κ2) is 16.4. The number of hydrogen-bond donors (Lipinski definition) is 0. The third-order valence-electron chi connectivity index (χ3n) is 5.22. The zero-order chi connectivity index (χ0) is 32.6. The predicted molar refractivity (Wildman–Crippen MR) is 156 cm³/mol. The van der Waals surface area contributed by atoms with E-state index in [-0.39, 0.29) is 67.3 Å². The van der Waals surface area contributed by atoms with Crippen LogP contribution in [-0.4, -0.2) is 17.3 Å². The number of rotatable bonds is 3. The molecule has 0 rings (SSSR count). The maximum absolute atomic E-state index is 11.4. The van der Waals surface area contributed by atoms with E-state index < -0.39 is 32.5 Å². The molecule has 0 saturated heterocycles. The van der Waals surface area contributed by atoms with Crippen LogP contribution in [0.2, 0.25) is 0 Å². The van der Waals surface area contributed by atoms with Gasteiger partial charge in [0.05, 0.1) is 0 Å². The zero-order valence-corrected chi connectivity index (χ0v) is 31.6. The molecule has 0 N–H and O–H groups in total. The van der Waals surface area contributed by atoms with Crippen LogP contribution in [0.5, 0.6) is 0 Å². The predicted octanol–water partition coefficient (Wildman–Crippen LogP) is 5.67. The van der Waals surface area contributed by atoms with Crippen molar-refractivity contribution in [2.75, 3.05) is 0 Å². The summed E-state index contributed by atoms with van der Waals surface area (Å²) in [5.74, 6) is -0.625. The first-order chi connectivity index (χ1) is 16.6. The van der Waals surface area contributed by atoms with E-state index in [4.69, 9.17) is 0 Å². The standard InChI is InChI=1S/3C11H20O2.Y/c3*1-10(2,3)8(12)7-9(13)11(4,5)6;/h3*7,12H,1-6H3;/q;;;+3/p-3/b3*8-7-;. The summed E-state index contributed by atoms with van der Waals surface area (Å²) in [5, 5.41) is 34.3. The molecule has 228 valence electrons. The van der Waals surface area contributed by atoms with Gasteiger partial charge >= 0.3 is 32.7 Å². The Kier molecular flexibility index (Phi) is 18.7. The van der Waals surface area contributed by atoms with E-state index in [1.54, 1.807) is 0 Å². The molecule has 0 aliphatic carbocycles. The summed E-state index contributed by atoms with van der Waals surface area (Å²) >= 11 is 0. The molecule has 0 saturated carbocycles. The summed E-state index contributed by atoms with van der Waals surface area (Å²) in [7, 11) is 0. The summed E-state index contributed by atoms with van der Waals surface area (Å²) in [6, 6.07) is 0. The largest absolute Gasteiger partial charge is 3.00 e. The number of allylic oxidation sites excluding steroid dienone is 6. The van der Waals surface area contributed by atoms with Crippen LogP contribution >= 0.6 is 0 Å². The third-order valence-corrected chi connectivity index (χ3v) is 5.22. The van der Waals surface area contributed by atoms with Gasteiger partial charge in [-0.3, -0.25) is 14.4 Å². The normalized spacial score (nSPS) is 14.1. The van der Waals surface area contributed by atoms with Crippen molar-refractivity contribution in [3.63, 3.8) is 0 Å². The summed E-state index contributed by atoms with van der Waals surface area (Å²) in [5.41, 5.74) is -2.74. The minimum atomic E-state index is -0.457. The van der Waals surface area contributed by atoms with Gasteiger partial charge in [0.25, 0.3) is 0 Å². The Bertz CT molecular complexity index is 801. The second-order valence-corrected chi connectivity index (χ2v) is 16.1. The van der Waals surface area contributed by atoms with Crippen molar-refractivity contribution < 1.29 is 62.4 Å². The molecule has 0 aromatic heterocycles. The van der Waals surface area contributed by atoms with Crippen molar-refractivity contribution in [3.05, 3.63) is 35.5 Å². The van der Waals surface area contributed by atoms with Crippen molar-refractivity contribution in [2.45, 2.75) is 125 Å². The molecule has 0 spiro atoms. The number of hydrogen-bond acceptors (Lipinski definition) is 6. The van der Waals surface area contributed by atoms with Gasteiger partial charge in [-0.2, -0.15) is 0 Å². The smallest absolute Gasteiger partial charge is 0.875 e. The van der Waals surface area contributed by atoms with Crippen molar-refractivity contribution in [3.8, 4) is 0 Å². The molecule has 0 heterocycles. The quantitative estimate of drug-likeness (QED) is 0.290. The van der Waals surface area contributed by atoms with Gasteiger partial charge in [-0.25, -0.2) is 0 Å². The second-order valence-electron chi connectivity index (χ2n) is 16.1. The molecule has 0 aliphatic heterocycles. The summed E-state index contributed by atoms with van der Waals surface area (Å²) < 4.78 is 0. The van der Waals surface area contributed by atoms with E-state index >= 15 is 0 Å². The Morgan fingerprint density at radius 2 is 0.475 bits per heavy atom. The summed E-state index contributed by atoms with van der Waals surface area (Å²) in [6.07, 6.45) is 3.67. The van der Waals surface area contributed by atoms with Gasteiger partial charge in [0.1, 0.15) is 0 Å². The maximum Gasteiger partial charge on any atom is 3.00 e. The van der Waals surface area contributed by atoms with Crippen LogP contribution < -0.4 is 15.3 Å². The fourth-order valence-electron chi connectivity index (χ4n) is 1.66. The topological polar surface area (TPSA) is 120 Å². The molecule has 0 radical (unpaired) electrons. The van der Waals surface area contributed by atoms with Crippen LogP contribution in [-0.2, 0) is 47.1 Å². The molecular weight excluding hydrogens is 581 g/mol. The Labute approximate surface area is 271 Å². The number of carbonyl (C=O) groups is 3. The van der Waals surface area contributed by atoms with Crippen LogP contribution in [0.15, 0.2) is 35.5 Å². The van der Waals surface area contributed by atoms with Crippen LogP contribution in [0.1, 0.15) is 125 Å². The first-order valence-corrected chi connectivity index (χ1v) is 13.5. The van der Waals surface area contributed by atoms with Gasteiger partial charge in [-0.05, 0) is 34.5 Å². The van der Waals surface area contributed by atoms with E-state index in [9.17, 15) is 29.7 Å². The Morgan fingerprint density at radius 3 is 0.550 bits per heavy atom. The SMILES string of the molecule is CC(C)(C)C(=O)/C=C(\[O-])C(C)(C)C.CC(C)(C)C(=O)/C=C(\[O-])C(C)(C)C.CC(C)(C)C(=O)/C=C(\[O-])C(C)(C)C.[Y+3]. The van der Waals surface area contributed by atoms with E-state index in [2.05, 4.69) is 0 Å². The van der Waals surface area contributed by atoms with Gasteiger partial charge in [-0.1, -0.05) is 125 Å². The van der Waals surface area contributed by atoms with Crippen LogP contribution in [0.25, 0.3) is 0 Å². The number of ketones is 3. The van der Waals surface area contributed by atoms with Crippen LogP contribution in [0, 0.1) is 32.5 Å². The molecule has 0 bridgehead atoms. The van der Waals surface area contributed by atoms with E-state index in [1.165, 1.54) is 18.2 Å². The van der Waals surface area contributed by atoms with Crippen molar-refractivity contribution >= 4 is 17.3 Å². The monoisotopic (exact) mass is 638 g/mol. The fourth-order valence-corrected chi connectivity index (χ4v) is 1.66. The molecule has 40 heavy (non-hydrogen) atoms. The molecule has 0 aromatic carbocycles. The molecular formula is C33H57O6Y. The summed E-state index contributed by atoms with van der Waals surface area (Å²) in [4.78, 5) is 34.3. The van der Waals surface area contributed by atoms with Crippen molar-refractivity contribution in [1.82, 2.24) is 0 Å². The van der Waals surface area contributed by atoms with Crippen LogP contribution in [0.3, 0.4) is 0 Å². The molecule has 0 aliphatic rings. The molecule has 7 heteroatoms.